The van der Waals surface area contributed by atoms with Gasteiger partial charge in [-0.1, -0.05) is 23.7 Å². The quantitative estimate of drug-likeness (QED) is 0.821. The Morgan fingerprint density at radius 1 is 1.19 bits per heavy atom. The largest absolute Gasteiger partial charge is 0.352 e. The number of benzene rings is 2. The first-order valence-corrected chi connectivity index (χ1v) is 10.1. The molecule has 0 bridgehead atoms. The van der Waals surface area contributed by atoms with Crippen LogP contribution in [0.2, 0.25) is 5.02 Å². The van der Waals surface area contributed by atoms with E-state index in [0.717, 1.165) is 5.56 Å². The highest BCUT2D eigenvalue weighted by atomic mass is 35.5. The molecule has 0 unspecified atom stereocenters. The summed E-state index contributed by atoms with van der Waals surface area (Å²) in [5.41, 5.74) is 1.01. The van der Waals surface area contributed by atoms with Crippen LogP contribution in [-0.2, 0) is 21.2 Å². The smallest absolute Gasteiger partial charge is 0.252 e. The van der Waals surface area contributed by atoms with Gasteiger partial charge in [-0.15, -0.1) is 0 Å². The zero-order chi connectivity index (χ0) is 19.6. The number of carbonyl (C=O) groups is 2. The number of halogens is 2. The molecule has 1 aliphatic rings. The molecule has 1 N–H and O–H groups in total. The van der Waals surface area contributed by atoms with Crippen molar-refractivity contribution in [3.8, 4) is 0 Å². The number of anilines is 1. The number of hydrogen-bond donors (Lipinski definition) is 1. The van der Waals surface area contributed by atoms with Gasteiger partial charge in [-0.3, -0.25) is 9.59 Å². The van der Waals surface area contributed by atoms with Gasteiger partial charge < -0.3 is 5.32 Å². The van der Waals surface area contributed by atoms with Crippen LogP contribution >= 0.6 is 11.6 Å². The first-order chi connectivity index (χ1) is 12.8. The number of sulfonamides is 1. The Kier molecular flexibility index (Phi) is 5.48. The normalized spacial score (nSPS) is 15.8. The van der Waals surface area contributed by atoms with Crippen LogP contribution in [0.3, 0.4) is 0 Å². The minimum absolute atomic E-state index is 0.0724. The molecule has 0 spiro atoms. The molecule has 0 saturated carbocycles. The number of rotatable bonds is 5. The van der Waals surface area contributed by atoms with Gasteiger partial charge in [-0.25, -0.2) is 17.1 Å². The van der Waals surface area contributed by atoms with Crippen molar-refractivity contribution in [3.63, 3.8) is 0 Å². The molecule has 142 valence electrons. The summed E-state index contributed by atoms with van der Waals surface area (Å²) in [6.45, 7) is 0.284. The fraction of sp³-hybridized carbons (Fsp3) is 0.222. The van der Waals surface area contributed by atoms with Crippen LogP contribution in [0.15, 0.2) is 42.5 Å². The van der Waals surface area contributed by atoms with Gasteiger partial charge in [-0.2, -0.15) is 0 Å². The lowest BCUT2D eigenvalue weighted by Crippen LogP contribution is -2.30. The van der Waals surface area contributed by atoms with Crippen molar-refractivity contribution in [1.82, 2.24) is 5.32 Å². The van der Waals surface area contributed by atoms with Gasteiger partial charge >= 0.3 is 0 Å². The van der Waals surface area contributed by atoms with Crippen LogP contribution in [-0.4, -0.2) is 32.5 Å². The third-order valence-corrected chi connectivity index (χ3v) is 6.14. The van der Waals surface area contributed by atoms with Gasteiger partial charge in [0.05, 0.1) is 22.0 Å². The molecule has 1 heterocycles. The molecule has 0 radical (unpaired) electrons. The molecule has 1 fully saturated rings. The Morgan fingerprint density at radius 3 is 2.52 bits per heavy atom. The summed E-state index contributed by atoms with van der Waals surface area (Å²) in [6, 6.07) is 9.98. The highest BCUT2D eigenvalue weighted by Gasteiger charge is 2.36. The molecule has 2 amide bonds. The summed E-state index contributed by atoms with van der Waals surface area (Å²) in [5, 5.41) is 2.82. The third-order valence-electron chi connectivity index (χ3n) is 4.12. The van der Waals surface area contributed by atoms with Crippen molar-refractivity contribution in [1.29, 1.82) is 0 Å². The van der Waals surface area contributed by atoms with Gasteiger partial charge in [0.1, 0.15) is 5.82 Å². The maximum atomic E-state index is 12.9. The van der Waals surface area contributed by atoms with E-state index >= 15 is 0 Å². The molecule has 9 heteroatoms. The molecule has 2 aromatic rings. The van der Waals surface area contributed by atoms with E-state index in [1.165, 1.54) is 30.3 Å². The first-order valence-electron chi connectivity index (χ1n) is 8.16. The van der Waals surface area contributed by atoms with Gasteiger partial charge in [-0.05, 0) is 42.3 Å². The number of amides is 2. The van der Waals surface area contributed by atoms with Crippen molar-refractivity contribution in [2.75, 3.05) is 16.6 Å². The third kappa shape index (κ3) is 4.28. The zero-order valence-corrected chi connectivity index (χ0v) is 15.7. The summed E-state index contributed by atoms with van der Waals surface area (Å²) < 4.78 is 37.7. The second-order valence-electron chi connectivity index (χ2n) is 6.02. The molecular formula is C18H16ClFN2O4S. The number of nitrogens with one attached hydrogen (secondary N) is 1. The standard InChI is InChI=1S/C18H16ClFN2O4S/c19-16-6-5-14(22-17(23)8-10-27(22,25)26)11-15(16)18(24)21-9-7-12-1-3-13(20)4-2-12/h1-6,11H,7-10H2,(H,21,24). The molecule has 3 rings (SSSR count). The zero-order valence-electron chi connectivity index (χ0n) is 14.1. The molecule has 1 aliphatic heterocycles. The molecular weight excluding hydrogens is 395 g/mol. The lowest BCUT2D eigenvalue weighted by molar-refractivity contribution is -0.116. The Balaban J connectivity index is 1.73. The Morgan fingerprint density at radius 2 is 1.89 bits per heavy atom. The van der Waals surface area contributed by atoms with E-state index in [1.807, 2.05) is 0 Å². The molecule has 6 nitrogen and oxygen atoms in total. The van der Waals surface area contributed by atoms with Crippen LogP contribution in [0.25, 0.3) is 0 Å². The van der Waals surface area contributed by atoms with Crippen molar-refractivity contribution >= 4 is 39.1 Å². The number of nitrogens with zero attached hydrogens (tertiary/aromatic N) is 1. The van der Waals surface area contributed by atoms with E-state index in [4.69, 9.17) is 11.6 Å². The van der Waals surface area contributed by atoms with Crippen molar-refractivity contribution in [3.05, 3.63) is 64.4 Å². The Labute approximate surface area is 161 Å². The summed E-state index contributed by atoms with van der Waals surface area (Å²) in [7, 11) is -3.72. The topological polar surface area (TPSA) is 83.6 Å². The van der Waals surface area contributed by atoms with Gasteiger partial charge in [0.2, 0.25) is 15.9 Å². The summed E-state index contributed by atoms with van der Waals surface area (Å²) >= 11 is 6.06. The fourth-order valence-corrected chi connectivity index (χ4v) is 4.40. The average molecular weight is 411 g/mol. The monoisotopic (exact) mass is 410 g/mol. The highest BCUT2D eigenvalue weighted by molar-refractivity contribution is 7.94. The van der Waals surface area contributed by atoms with E-state index in [2.05, 4.69) is 5.32 Å². The van der Waals surface area contributed by atoms with Crippen LogP contribution in [0.1, 0.15) is 22.3 Å². The van der Waals surface area contributed by atoms with Crippen LogP contribution in [0, 0.1) is 5.82 Å². The predicted molar refractivity (Wildman–Crippen MR) is 99.8 cm³/mol. The van der Waals surface area contributed by atoms with E-state index in [-0.39, 0.29) is 40.8 Å². The maximum Gasteiger partial charge on any atom is 0.252 e. The summed E-state index contributed by atoms with van der Waals surface area (Å²) in [6.07, 6.45) is 0.395. The fourth-order valence-electron chi connectivity index (χ4n) is 2.75. The molecule has 27 heavy (non-hydrogen) atoms. The highest BCUT2D eigenvalue weighted by Crippen LogP contribution is 2.29. The summed E-state index contributed by atoms with van der Waals surface area (Å²) in [5.74, 6) is -1.63. The molecule has 0 atom stereocenters. The van der Waals surface area contributed by atoms with E-state index < -0.39 is 21.8 Å². The van der Waals surface area contributed by atoms with E-state index in [9.17, 15) is 22.4 Å². The van der Waals surface area contributed by atoms with Gasteiger partial charge in [0, 0.05) is 13.0 Å². The van der Waals surface area contributed by atoms with Gasteiger partial charge in [0.25, 0.3) is 5.91 Å². The molecule has 0 aromatic heterocycles. The van der Waals surface area contributed by atoms with Crippen LogP contribution < -0.4 is 9.62 Å². The lowest BCUT2D eigenvalue weighted by atomic mass is 10.1. The maximum absolute atomic E-state index is 12.9. The number of hydrogen-bond acceptors (Lipinski definition) is 4. The number of carbonyl (C=O) groups excluding carboxylic acids is 2. The van der Waals surface area contributed by atoms with Gasteiger partial charge in [0.15, 0.2) is 0 Å². The Bertz CT molecular complexity index is 993. The van der Waals surface area contributed by atoms with Crippen LogP contribution in [0.4, 0.5) is 10.1 Å². The predicted octanol–water partition coefficient (Wildman–Crippen LogP) is 2.52. The summed E-state index contributed by atoms with van der Waals surface area (Å²) in [4.78, 5) is 24.3. The van der Waals surface area contributed by atoms with E-state index in [1.54, 1.807) is 12.1 Å². The lowest BCUT2D eigenvalue weighted by Gasteiger charge is -2.16. The van der Waals surface area contributed by atoms with Crippen molar-refractivity contribution < 1.29 is 22.4 Å². The molecule has 2 aromatic carbocycles. The second kappa shape index (κ2) is 7.66. The van der Waals surface area contributed by atoms with Crippen molar-refractivity contribution in [2.24, 2.45) is 0 Å². The van der Waals surface area contributed by atoms with Crippen molar-refractivity contribution in [2.45, 2.75) is 12.8 Å². The molecule has 0 aliphatic carbocycles. The average Bonchev–Trinajstić information content (AvgIpc) is 2.90. The minimum atomic E-state index is -3.72. The van der Waals surface area contributed by atoms with Crippen LogP contribution in [0.5, 0.6) is 0 Å². The molecule has 1 saturated heterocycles. The first kappa shape index (κ1) is 19.3. The van der Waals surface area contributed by atoms with E-state index in [0.29, 0.717) is 10.7 Å². The minimum Gasteiger partial charge on any atom is -0.352 e. The second-order valence-corrected chi connectivity index (χ2v) is 8.37. The SMILES string of the molecule is O=C(NCCc1ccc(F)cc1)c1cc(N2C(=O)CCS2(=O)=O)ccc1Cl. The Hall–Kier alpha value is -2.45.